The van der Waals surface area contributed by atoms with E-state index in [2.05, 4.69) is 77.3 Å². The number of benzene rings is 2. The van der Waals surface area contributed by atoms with Crippen molar-refractivity contribution in [3.05, 3.63) is 82.9 Å². The molecule has 0 saturated heterocycles. The topological polar surface area (TPSA) is 0 Å². The lowest BCUT2D eigenvalue weighted by atomic mass is 10.1. The Morgan fingerprint density at radius 2 is 1.00 bits per heavy atom. The van der Waals surface area contributed by atoms with Gasteiger partial charge in [-0.3, -0.25) is 0 Å². The molecule has 0 saturated carbocycles. The van der Waals surface area contributed by atoms with Crippen molar-refractivity contribution in [1.29, 1.82) is 0 Å². The Balaban J connectivity index is 0.000000200. The van der Waals surface area contributed by atoms with Gasteiger partial charge in [-0.15, -0.1) is 0 Å². The van der Waals surface area contributed by atoms with Crippen molar-refractivity contribution in [2.45, 2.75) is 27.7 Å². The van der Waals surface area contributed by atoms with Crippen molar-refractivity contribution in [2.24, 2.45) is 0 Å². The second kappa shape index (κ2) is 7.49. The van der Waals surface area contributed by atoms with E-state index in [9.17, 15) is 0 Å². The summed E-state index contributed by atoms with van der Waals surface area (Å²) in [5, 5.41) is 0. The Hall–Kier alpha value is -2.08. The van der Waals surface area contributed by atoms with Gasteiger partial charge in [-0.2, -0.15) is 0 Å². The van der Waals surface area contributed by atoms with Crippen LogP contribution in [-0.2, 0) is 0 Å². The van der Waals surface area contributed by atoms with Gasteiger partial charge in [0, 0.05) is 0 Å². The average Bonchev–Trinajstić information content (AvgIpc) is 2.44. The molecule has 0 radical (unpaired) electrons. The van der Waals surface area contributed by atoms with Crippen LogP contribution in [0.5, 0.6) is 0 Å². The zero-order chi connectivity index (χ0) is 15.1. The average molecular weight is 264 g/mol. The first-order valence-electron chi connectivity index (χ1n) is 6.87. The number of rotatable bonds is 2. The fourth-order valence-electron chi connectivity index (χ4n) is 1.96. The molecule has 0 heterocycles. The summed E-state index contributed by atoms with van der Waals surface area (Å²) in [6, 6.07) is 12.7. The van der Waals surface area contributed by atoms with Gasteiger partial charge < -0.3 is 0 Å². The smallest absolute Gasteiger partial charge is 0.0231 e. The van der Waals surface area contributed by atoms with Crippen LogP contribution in [0.1, 0.15) is 33.4 Å². The summed E-state index contributed by atoms with van der Waals surface area (Å²) in [6.45, 7) is 15.8. The Kier molecular flexibility index (Phi) is 5.99. The number of hydrogen-bond acceptors (Lipinski definition) is 0. The standard InChI is InChI=1S/2C10H12/c2*1-4-10-7-8(2)5-6-9(10)3/h2*4-7H,1H2,2-3H3. The SMILES string of the molecule is C=Cc1cc(C)ccc1C.C=Cc1cc(C)ccc1C. The molecule has 2 rings (SSSR count). The lowest BCUT2D eigenvalue weighted by molar-refractivity contribution is 1.38. The quantitative estimate of drug-likeness (QED) is 0.634. The van der Waals surface area contributed by atoms with Crippen LogP contribution < -0.4 is 0 Å². The molecule has 2 aromatic carbocycles. The molecule has 0 N–H and O–H groups in total. The summed E-state index contributed by atoms with van der Waals surface area (Å²) in [5.41, 5.74) is 7.64. The minimum absolute atomic E-state index is 1.24. The monoisotopic (exact) mass is 264 g/mol. The molecule has 0 fully saturated rings. The minimum atomic E-state index is 1.24. The Morgan fingerprint density at radius 3 is 1.25 bits per heavy atom. The maximum Gasteiger partial charge on any atom is -0.0231 e. The fourth-order valence-corrected chi connectivity index (χ4v) is 1.96. The van der Waals surface area contributed by atoms with Gasteiger partial charge in [-0.25, -0.2) is 0 Å². The molecule has 0 aliphatic rings. The predicted molar refractivity (Wildman–Crippen MR) is 92.0 cm³/mol. The molecule has 0 nitrogen and oxygen atoms in total. The summed E-state index contributed by atoms with van der Waals surface area (Å²) in [4.78, 5) is 0. The van der Waals surface area contributed by atoms with E-state index in [1.807, 2.05) is 12.2 Å². The third-order valence-electron chi connectivity index (χ3n) is 3.31. The summed E-state index contributed by atoms with van der Waals surface area (Å²) >= 11 is 0. The highest BCUT2D eigenvalue weighted by Crippen LogP contribution is 2.11. The van der Waals surface area contributed by atoms with E-state index in [1.54, 1.807) is 0 Å². The number of aryl methyl sites for hydroxylation is 4. The summed E-state index contributed by atoms with van der Waals surface area (Å²) in [7, 11) is 0. The largest absolute Gasteiger partial charge is 0.0985 e. The molecule has 0 aliphatic heterocycles. The van der Waals surface area contributed by atoms with E-state index >= 15 is 0 Å². The van der Waals surface area contributed by atoms with Crippen LogP contribution in [0.4, 0.5) is 0 Å². The molecule has 0 atom stereocenters. The van der Waals surface area contributed by atoms with Crippen molar-refractivity contribution in [3.63, 3.8) is 0 Å². The van der Waals surface area contributed by atoms with Crippen molar-refractivity contribution in [2.75, 3.05) is 0 Å². The summed E-state index contributed by atoms with van der Waals surface area (Å²) < 4.78 is 0. The highest BCUT2D eigenvalue weighted by Gasteiger charge is 1.92. The van der Waals surface area contributed by atoms with Crippen LogP contribution in [0, 0.1) is 27.7 Å². The molecule has 20 heavy (non-hydrogen) atoms. The first-order chi connectivity index (χ1) is 9.47. The van der Waals surface area contributed by atoms with Crippen LogP contribution >= 0.6 is 0 Å². The van der Waals surface area contributed by atoms with E-state index in [0.717, 1.165) is 0 Å². The molecule has 0 heteroatoms. The van der Waals surface area contributed by atoms with Crippen LogP contribution in [0.15, 0.2) is 49.6 Å². The maximum atomic E-state index is 3.73. The lowest BCUT2D eigenvalue weighted by Gasteiger charge is -1.99. The third kappa shape index (κ3) is 4.55. The maximum absolute atomic E-state index is 3.73. The molecular formula is C20H24. The van der Waals surface area contributed by atoms with E-state index in [1.165, 1.54) is 33.4 Å². The summed E-state index contributed by atoms with van der Waals surface area (Å²) in [6.07, 6.45) is 3.78. The van der Waals surface area contributed by atoms with Crippen LogP contribution in [0.25, 0.3) is 12.2 Å². The highest BCUT2D eigenvalue weighted by atomic mass is 14.0. The van der Waals surface area contributed by atoms with Crippen LogP contribution in [0.2, 0.25) is 0 Å². The first-order valence-corrected chi connectivity index (χ1v) is 6.87. The van der Waals surface area contributed by atoms with E-state index < -0.39 is 0 Å². The lowest BCUT2D eigenvalue weighted by Crippen LogP contribution is -1.80. The van der Waals surface area contributed by atoms with E-state index in [-0.39, 0.29) is 0 Å². The third-order valence-corrected chi connectivity index (χ3v) is 3.31. The first kappa shape index (κ1) is 16.0. The highest BCUT2D eigenvalue weighted by molar-refractivity contribution is 5.53. The number of hydrogen-bond donors (Lipinski definition) is 0. The zero-order valence-corrected chi connectivity index (χ0v) is 13.0. The molecular weight excluding hydrogens is 240 g/mol. The van der Waals surface area contributed by atoms with Gasteiger partial charge in [0.05, 0.1) is 0 Å². The van der Waals surface area contributed by atoms with E-state index in [0.29, 0.717) is 0 Å². The van der Waals surface area contributed by atoms with Gasteiger partial charge in [-0.05, 0) is 49.9 Å². The zero-order valence-electron chi connectivity index (χ0n) is 13.0. The van der Waals surface area contributed by atoms with Gasteiger partial charge >= 0.3 is 0 Å². The normalized spacial score (nSPS) is 9.40. The predicted octanol–water partition coefficient (Wildman–Crippen LogP) is 5.89. The minimum Gasteiger partial charge on any atom is -0.0985 e. The van der Waals surface area contributed by atoms with Gasteiger partial charge in [0.1, 0.15) is 0 Å². The van der Waals surface area contributed by atoms with Crippen molar-refractivity contribution < 1.29 is 0 Å². The van der Waals surface area contributed by atoms with Gasteiger partial charge in [0.25, 0.3) is 0 Å². The van der Waals surface area contributed by atoms with Gasteiger partial charge in [0.2, 0.25) is 0 Å². The molecule has 2 aromatic rings. The second-order valence-electron chi connectivity index (χ2n) is 5.13. The van der Waals surface area contributed by atoms with Gasteiger partial charge in [-0.1, -0.05) is 72.8 Å². The van der Waals surface area contributed by atoms with Crippen LogP contribution in [0.3, 0.4) is 0 Å². The molecule has 0 aliphatic carbocycles. The second-order valence-corrected chi connectivity index (χ2v) is 5.13. The van der Waals surface area contributed by atoms with Crippen LogP contribution in [-0.4, -0.2) is 0 Å². The summed E-state index contributed by atoms with van der Waals surface area (Å²) in [5.74, 6) is 0. The Bertz CT molecular complexity index is 548. The molecule has 0 amide bonds. The molecule has 0 bridgehead atoms. The fraction of sp³-hybridized carbons (Fsp3) is 0.200. The van der Waals surface area contributed by atoms with Crippen molar-refractivity contribution in [3.8, 4) is 0 Å². The molecule has 0 unspecified atom stereocenters. The molecule has 104 valence electrons. The van der Waals surface area contributed by atoms with E-state index in [4.69, 9.17) is 0 Å². The Morgan fingerprint density at radius 1 is 0.650 bits per heavy atom. The van der Waals surface area contributed by atoms with Crippen molar-refractivity contribution in [1.82, 2.24) is 0 Å². The van der Waals surface area contributed by atoms with Crippen molar-refractivity contribution >= 4 is 12.2 Å². The van der Waals surface area contributed by atoms with Gasteiger partial charge in [0.15, 0.2) is 0 Å². The Labute approximate surface area is 123 Å². The molecule has 0 aromatic heterocycles. The molecule has 0 spiro atoms.